The number of para-hydroxylation sites is 2. The fourth-order valence-electron chi connectivity index (χ4n) is 5.50. The maximum Gasteiger partial charge on any atom is 0.258 e. The van der Waals surface area contributed by atoms with Crippen LogP contribution in [0.1, 0.15) is 131 Å². The summed E-state index contributed by atoms with van der Waals surface area (Å²) < 4.78 is 22.8. The molecular weight excluding hydrogens is 662 g/mol. The van der Waals surface area contributed by atoms with Gasteiger partial charge in [-0.2, -0.15) is 0 Å². The van der Waals surface area contributed by atoms with Gasteiger partial charge in [-0.3, -0.25) is 14.7 Å². The van der Waals surface area contributed by atoms with Crippen molar-refractivity contribution in [2.24, 2.45) is 0 Å². The molecule has 0 bridgehead atoms. The molecule has 0 aliphatic heterocycles. The van der Waals surface area contributed by atoms with Crippen molar-refractivity contribution >= 4 is 45.7 Å². The van der Waals surface area contributed by atoms with E-state index in [4.69, 9.17) is 16.3 Å². The summed E-state index contributed by atoms with van der Waals surface area (Å²) in [6.07, 6.45) is 12.1. The van der Waals surface area contributed by atoms with Gasteiger partial charge in [0.25, 0.3) is 5.91 Å². The van der Waals surface area contributed by atoms with Crippen LogP contribution in [-0.2, 0) is 31.4 Å². The molecule has 2 heterocycles. The molecule has 3 rings (SSSR count). The second-order valence-corrected chi connectivity index (χ2v) is 16.7. The summed E-state index contributed by atoms with van der Waals surface area (Å²) in [6, 6.07) is 6.91. The van der Waals surface area contributed by atoms with Gasteiger partial charge in [0.05, 0.1) is 28.9 Å². The Morgan fingerprint density at radius 3 is 2.14 bits per heavy atom. The highest BCUT2D eigenvalue weighted by molar-refractivity contribution is 7.83. The van der Waals surface area contributed by atoms with Crippen molar-refractivity contribution in [1.29, 1.82) is 0 Å². The number of benzene rings is 1. The van der Waals surface area contributed by atoms with Crippen molar-refractivity contribution in [3.05, 3.63) is 40.8 Å². The number of halogens is 1. The number of nitrogens with one attached hydrogen (secondary N) is 4. The molecule has 2 aromatic heterocycles. The molecule has 0 saturated heterocycles. The number of aromatic nitrogens is 4. The van der Waals surface area contributed by atoms with E-state index in [1.54, 1.807) is 28.8 Å². The van der Waals surface area contributed by atoms with Crippen LogP contribution in [0.25, 0.3) is 5.65 Å². The molecule has 49 heavy (non-hydrogen) atoms. The molecule has 11 nitrogen and oxygen atoms in total. The van der Waals surface area contributed by atoms with Crippen molar-refractivity contribution < 1.29 is 18.5 Å². The summed E-state index contributed by atoms with van der Waals surface area (Å²) in [5, 5.41) is 18.5. The lowest BCUT2D eigenvalue weighted by molar-refractivity contribution is -0.125. The number of nitrogens with zero attached hydrogens (tertiary/aromatic N) is 3. The van der Waals surface area contributed by atoms with Crippen molar-refractivity contribution in [2.45, 2.75) is 136 Å². The Labute approximate surface area is 300 Å². The van der Waals surface area contributed by atoms with E-state index in [1.165, 1.54) is 44.9 Å². The van der Waals surface area contributed by atoms with Crippen LogP contribution >= 0.6 is 11.6 Å². The molecule has 1 atom stereocenters. The van der Waals surface area contributed by atoms with E-state index in [-0.39, 0.29) is 30.4 Å². The molecule has 0 radical (unpaired) electrons. The SMILES string of the molecule is CCCCCCCCCCCCS(=O)NCC(=O)Nc1ccccc1OCC(=O)NC(C)(C)C(C)(C)c1nnc2c(Cl)c(C(C)(C)C)[nH]n12. The maximum atomic E-state index is 13.2. The van der Waals surface area contributed by atoms with E-state index in [0.29, 0.717) is 33.7 Å². The smallest absolute Gasteiger partial charge is 0.258 e. The third-order valence-electron chi connectivity index (χ3n) is 9.22. The number of hydrogen-bond acceptors (Lipinski definition) is 6. The van der Waals surface area contributed by atoms with Crippen LogP contribution in [0.2, 0.25) is 5.02 Å². The summed E-state index contributed by atoms with van der Waals surface area (Å²) in [6.45, 7) is 15.9. The molecule has 0 fully saturated rings. The van der Waals surface area contributed by atoms with E-state index in [1.807, 2.05) is 27.7 Å². The molecule has 4 N–H and O–H groups in total. The number of fused-ring (bicyclic) bond motifs is 1. The molecule has 1 unspecified atom stereocenters. The Kier molecular flexibility index (Phi) is 15.1. The Morgan fingerprint density at radius 1 is 0.898 bits per heavy atom. The summed E-state index contributed by atoms with van der Waals surface area (Å²) in [5.41, 5.74) is 0.125. The first-order chi connectivity index (χ1) is 23.1. The first-order valence-electron chi connectivity index (χ1n) is 17.7. The lowest BCUT2D eigenvalue weighted by Crippen LogP contribution is -2.57. The van der Waals surface area contributed by atoms with Gasteiger partial charge in [-0.1, -0.05) is 123 Å². The van der Waals surface area contributed by atoms with Crippen LogP contribution in [-0.4, -0.2) is 60.3 Å². The zero-order valence-electron chi connectivity index (χ0n) is 30.8. The molecule has 274 valence electrons. The van der Waals surface area contributed by atoms with Crippen LogP contribution in [0.4, 0.5) is 5.69 Å². The molecule has 0 aliphatic rings. The standard InChI is InChI=1S/C36H58ClN7O4S/c1-9-10-11-12-13-14-15-16-17-20-23-49(47)38-24-28(45)39-26-21-18-19-22-27(26)48-25-29(46)40-36(7,8)35(5,6)33-42-41-32-30(37)31(34(2,3)4)43-44(32)33/h18-19,21-22,38,43H,9-17,20,23-25H2,1-8H3,(H,39,45)(H,40,46). The van der Waals surface area contributed by atoms with Gasteiger partial charge in [-0.05, 0) is 32.4 Å². The van der Waals surface area contributed by atoms with Gasteiger partial charge in [-0.25, -0.2) is 13.4 Å². The third kappa shape index (κ3) is 11.5. The number of carbonyl (C=O) groups excluding carboxylic acids is 2. The number of hydrogen-bond donors (Lipinski definition) is 4. The molecule has 0 aliphatic carbocycles. The normalized spacial score (nSPS) is 13.1. The van der Waals surface area contributed by atoms with Crippen molar-refractivity contribution in [2.75, 3.05) is 24.2 Å². The summed E-state index contributed by atoms with van der Waals surface area (Å²) in [4.78, 5) is 25.8. The average Bonchev–Trinajstić information content (AvgIpc) is 3.60. The fraction of sp³-hybridized carbons (Fsp3) is 0.667. The Morgan fingerprint density at radius 2 is 1.51 bits per heavy atom. The van der Waals surface area contributed by atoms with Gasteiger partial charge in [0.2, 0.25) is 5.91 Å². The number of rotatable bonds is 21. The lowest BCUT2D eigenvalue weighted by Gasteiger charge is -2.40. The molecule has 3 aromatic rings. The van der Waals surface area contributed by atoms with Crippen molar-refractivity contribution in [3.63, 3.8) is 0 Å². The number of carbonyl (C=O) groups is 2. The fourth-order valence-corrected chi connectivity index (χ4v) is 6.85. The van der Waals surface area contributed by atoms with Gasteiger partial charge in [-0.15, -0.1) is 10.2 Å². The van der Waals surface area contributed by atoms with Crippen LogP contribution in [0.15, 0.2) is 24.3 Å². The number of ether oxygens (including phenoxy) is 1. The third-order valence-corrected chi connectivity index (χ3v) is 10.7. The highest BCUT2D eigenvalue weighted by Gasteiger charge is 2.44. The maximum absolute atomic E-state index is 13.2. The first kappa shape index (κ1) is 40.5. The number of anilines is 1. The Balaban J connectivity index is 1.46. The van der Waals surface area contributed by atoms with Gasteiger partial charge in [0.1, 0.15) is 10.8 Å². The van der Waals surface area contributed by atoms with E-state index < -0.39 is 21.9 Å². The minimum atomic E-state index is -1.28. The second-order valence-electron chi connectivity index (χ2n) is 14.9. The minimum Gasteiger partial charge on any atom is -0.482 e. The largest absolute Gasteiger partial charge is 0.482 e. The molecule has 0 saturated carbocycles. The quantitative estimate of drug-likeness (QED) is 0.0847. The molecule has 1 aromatic carbocycles. The topological polar surface area (TPSA) is 143 Å². The van der Waals surface area contributed by atoms with Gasteiger partial charge >= 0.3 is 0 Å². The van der Waals surface area contributed by atoms with Gasteiger partial charge in [0.15, 0.2) is 18.1 Å². The first-order valence-corrected chi connectivity index (χ1v) is 19.4. The molecule has 13 heteroatoms. The number of H-pyrrole nitrogens is 1. The van der Waals surface area contributed by atoms with Crippen molar-refractivity contribution in [1.82, 2.24) is 29.9 Å². The number of aromatic amines is 1. The zero-order valence-corrected chi connectivity index (χ0v) is 32.3. The van der Waals surface area contributed by atoms with E-state index >= 15 is 0 Å². The van der Waals surface area contributed by atoms with Crippen LogP contribution in [0.3, 0.4) is 0 Å². The monoisotopic (exact) mass is 719 g/mol. The average molecular weight is 720 g/mol. The Bertz CT molecular complexity index is 1540. The summed E-state index contributed by atoms with van der Waals surface area (Å²) in [5.74, 6) is 0.800. The summed E-state index contributed by atoms with van der Waals surface area (Å²) >= 11 is 6.64. The second kappa shape index (κ2) is 18.3. The van der Waals surface area contributed by atoms with Gasteiger partial charge in [0, 0.05) is 22.1 Å². The summed E-state index contributed by atoms with van der Waals surface area (Å²) in [7, 11) is -1.28. The highest BCUT2D eigenvalue weighted by Crippen LogP contribution is 2.37. The number of unbranched alkanes of at least 4 members (excludes halogenated alkanes) is 9. The van der Waals surface area contributed by atoms with Gasteiger partial charge < -0.3 is 15.4 Å². The molecular formula is C36H58ClN7O4S. The van der Waals surface area contributed by atoms with Crippen LogP contribution in [0, 0.1) is 0 Å². The van der Waals surface area contributed by atoms with E-state index in [9.17, 15) is 13.8 Å². The molecule has 2 amide bonds. The lowest BCUT2D eigenvalue weighted by atomic mass is 9.73. The zero-order chi connectivity index (χ0) is 36.2. The minimum absolute atomic E-state index is 0.0956. The van der Waals surface area contributed by atoms with E-state index in [0.717, 1.165) is 25.0 Å². The van der Waals surface area contributed by atoms with Crippen LogP contribution in [0.5, 0.6) is 5.75 Å². The Hall–Kier alpha value is -2.96. The van der Waals surface area contributed by atoms with Crippen molar-refractivity contribution in [3.8, 4) is 5.75 Å². The van der Waals surface area contributed by atoms with E-state index in [2.05, 4.69) is 58.3 Å². The predicted octanol–water partition coefficient (Wildman–Crippen LogP) is 7.37. The predicted molar refractivity (Wildman–Crippen MR) is 200 cm³/mol. The van der Waals surface area contributed by atoms with Crippen LogP contribution < -0.4 is 20.1 Å². The molecule has 0 spiro atoms. The number of amides is 2. The highest BCUT2D eigenvalue weighted by atomic mass is 35.5.